The molecule has 1 N–H and O–H groups in total. The highest BCUT2D eigenvalue weighted by Gasteiger charge is 2.26. The number of nitrogens with one attached hydrogen (secondary N) is 1. The smallest absolute Gasteiger partial charge is 0.253 e. The van der Waals surface area contributed by atoms with E-state index in [4.69, 9.17) is 11.6 Å². The van der Waals surface area contributed by atoms with E-state index in [1.807, 2.05) is 13.8 Å². The molecular weight excluding hydrogens is 324 g/mol. The Bertz CT molecular complexity index is 661. The summed E-state index contributed by atoms with van der Waals surface area (Å²) in [5.41, 5.74) is 0.880. The molecular formula is C15H21ClN2O3S. The minimum Gasteiger partial charge on any atom is -0.350 e. The van der Waals surface area contributed by atoms with Gasteiger partial charge in [-0.25, -0.2) is 8.42 Å². The van der Waals surface area contributed by atoms with Crippen LogP contribution >= 0.6 is 11.6 Å². The Morgan fingerprint density at radius 3 is 2.73 bits per heavy atom. The Balaban J connectivity index is 2.24. The van der Waals surface area contributed by atoms with Gasteiger partial charge in [-0.15, -0.1) is 0 Å². The van der Waals surface area contributed by atoms with Crippen molar-refractivity contribution >= 4 is 33.2 Å². The van der Waals surface area contributed by atoms with Crippen LogP contribution in [0.2, 0.25) is 5.02 Å². The molecule has 1 atom stereocenters. The number of benzene rings is 1. The molecule has 122 valence electrons. The molecule has 1 aliphatic rings. The van der Waals surface area contributed by atoms with Crippen molar-refractivity contribution in [2.24, 2.45) is 0 Å². The SMILES string of the molecule is CC[C@H](C)NC(=O)c1ccc(N2CCCCS2(=O)=O)cc1Cl. The topological polar surface area (TPSA) is 66.5 Å². The molecule has 1 aromatic rings. The van der Waals surface area contributed by atoms with Crippen LogP contribution in [0.1, 0.15) is 43.5 Å². The summed E-state index contributed by atoms with van der Waals surface area (Å²) in [4.78, 5) is 12.1. The second-order valence-corrected chi connectivity index (χ2v) is 7.96. The minimum absolute atomic E-state index is 0.0608. The van der Waals surface area contributed by atoms with E-state index in [9.17, 15) is 13.2 Å². The third kappa shape index (κ3) is 3.73. The first-order chi connectivity index (χ1) is 10.3. The highest BCUT2D eigenvalue weighted by Crippen LogP contribution is 2.28. The molecule has 1 amide bonds. The van der Waals surface area contributed by atoms with Gasteiger partial charge in [0.15, 0.2) is 0 Å². The number of hydrogen-bond donors (Lipinski definition) is 1. The lowest BCUT2D eigenvalue weighted by Gasteiger charge is -2.28. The van der Waals surface area contributed by atoms with E-state index in [1.54, 1.807) is 18.2 Å². The zero-order chi connectivity index (χ0) is 16.3. The van der Waals surface area contributed by atoms with Gasteiger partial charge in [-0.3, -0.25) is 9.10 Å². The molecule has 0 radical (unpaired) electrons. The predicted molar refractivity (Wildman–Crippen MR) is 89.0 cm³/mol. The molecule has 0 aliphatic carbocycles. The second-order valence-electron chi connectivity index (χ2n) is 5.54. The molecule has 1 saturated heterocycles. The summed E-state index contributed by atoms with van der Waals surface area (Å²) in [6.45, 7) is 4.36. The molecule has 5 nitrogen and oxygen atoms in total. The molecule has 1 aromatic carbocycles. The molecule has 0 unspecified atom stereocenters. The minimum atomic E-state index is -3.28. The molecule has 1 fully saturated rings. The summed E-state index contributed by atoms with van der Waals surface area (Å²) in [7, 11) is -3.28. The molecule has 7 heteroatoms. The lowest BCUT2D eigenvalue weighted by molar-refractivity contribution is 0.0939. The summed E-state index contributed by atoms with van der Waals surface area (Å²) in [5.74, 6) is -0.0895. The van der Waals surface area contributed by atoms with Crippen LogP contribution in [-0.2, 0) is 10.0 Å². The normalized spacial score (nSPS) is 18.8. The number of hydrogen-bond acceptors (Lipinski definition) is 3. The van der Waals surface area contributed by atoms with Crippen molar-refractivity contribution in [1.29, 1.82) is 0 Å². The van der Waals surface area contributed by atoms with E-state index < -0.39 is 10.0 Å². The summed E-state index contributed by atoms with van der Waals surface area (Å²) in [6.07, 6.45) is 2.34. The van der Waals surface area contributed by atoms with Crippen LogP contribution in [0.25, 0.3) is 0 Å². The fourth-order valence-electron chi connectivity index (χ4n) is 2.33. The number of carbonyl (C=O) groups is 1. The summed E-state index contributed by atoms with van der Waals surface area (Å²) in [5, 5.41) is 3.11. The molecule has 1 heterocycles. The van der Waals surface area contributed by atoms with Gasteiger partial charge in [0.25, 0.3) is 5.91 Å². The maximum atomic E-state index is 12.1. The standard InChI is InChI=1S/C15H21ClN2O3S/c1-3-11(2)17-15(19)13-7-6-12(10-14(13)16)18-8-4-5-9-22(18,20)21/h6-7,10-11H,3-5,8-9H2,1-2H3,(H,17,19)/t11-/m0/s1. The van der Waals surface area contributed by atoms with Crippen LogP contribution in [0.4, 0.5) is 5.69 Å². The Morgan fingerprint density at radius 2 is 2.14 bits per heavy atom. The zero-order valence-corrected chi connectivity index (χ0v) is 14.4. The predicted octanol–water partition coefficient (Wildman–Crippen LogP) is 2.80. The van der Waals surface area contributed by atoms with Gasteiger partial charge in [0, 0.05) is 12.6 Å². The number of rotatable bonds is 4. The van der Waals surface area contributed by atoms with Crippen molar-refractivity contribution in [3.63, 3.8) is 0 Å². The van der Waals surface area contributed by atoms with E-state index in [-0.39, 0.29) is 22.7 Å². The molecule has 22 heavy (non-hydrogen) atoms. The number of carbonyl (C=O) groups excluding carboxylic acids is 1. The number of nitrogens with zero attached hydrogens (tertiary/aromatic N) is 1. The van der Waals surface area contributed by atoms with Gasteiger partial charge >= 0.3 is 0 Å². The van der Waals surface area contributed by atoms with Gasteiger partial charge in [-0.1, -0.05) is 18.5 Å². The first-order valence-electron chi connectivity index (χ1n) is 7.46. The van der Waals surface area contributed by atoms with Crippen molar-refractivity contribution in [1.82, 2.24) is 5.32 Å². The van der Waals surface area contributed by atoms with Crippen molar-refractivity contribution in [3.05, 3.63) is 28.8 Å². The maximum absolute atomic E-state index is 12.1. The van der Waals surface area contributed by atoms with Crippen LogP contribution in [0.5, 0.6) is 0 Å². The van der Waals surface area contributed by atoms with Crippen LogP contribution < -0.4 is 9.62 Å². The van der Waals surface area contributed by atoms with Crippen LogP contribution in [-0.4, -0.2) is 32.7 Å². The highest BCUT2D eigenvalue weighted by atomic mass is 35.5. The molecule has 0 aromatic heterocycles. The quantitative estimate of drug-likeness (QED) is 0.913. The lowest BCUT2D eigenvalue weighted by Crippen LogP contribution is -2.38. The average molecular weight is 345 g/mol. The van der Waals surface area contributed by atoms with Crippen molar-refractivity contribution in [2.75, 3.05) is 16.6 Å². The van der Waals surface area contributed by atoms with E-state index in [2.05, 4.69) is 5.32 Å². The third-order valence-electron chi connectivity index (χ3n) is 3.82. The van der Waals surface area contributed by atoms with Crippen LogP contribution in [0.15, 0.2) is 18.2 Å². The van der Waals surface area contributed by atoms with E-state index >= 15 is 0 Å². The average Bonchev–Trinajstić information content (AvgIpc) is 2.46. The van der Waals surface area contributed by atoms with E-state index in [1.165, 1.54) is 4.31 Å². The molecule has 1 aliphatic heterocycles. The third-order valence-corrected chi connectivity index (χ3v) is 6.01. The molecule has 0 spiro atoms. The van der Waals surface area contributed by atoms with Crippen molar-refractivity contribution in [3.8, 4) is 0 Å². The van der Waals surface area contributed by atoms with Gasteiger partial charge in [-0.05, 0) is 44.4 Å². The summed E-state index contributed by atoms with van der Waals surface area (Å²) >= 11 is 6.18. The number of amides is 1. The van der Waals surface area contributed by atoms with E-state index in [0.717, 1.165) is 12.8 Å². The summed E-state index contributed by atoms with van der Waals surface area (Å²) < 4.78 is 25.6. The monoisotopic (exact) mass is 344 g/mol. The maximum Gasteiger partial charge on any atom is 0.253 e. The van der Waals surface area contributed by atoms with Crippen LogP contribution in [0, 0.1) is 0 Å². The number of sulfonamides is 1. The van der Waals surface area contributed by atoms with Gasteiger partial charge in [-0.2, -0.15) is 0 Å². The molecule has 0 saturated carbocycles. The first-order valence-corrected chi connectivity index (χ1v) is 9.44. The Hall–Kier alpha value is -1.27. The largest absolute Gasteiger partial charge is 0.350 e. The van der Waals surface area contributed by atoms with Gasteiger partial charge < -0.3 is 5.32 Å². The van der Waals surface area contributed by atoms with Crippen molar-refractivity contribution in [2.45, 2.75) is 39.2 Å². The van der Waals surface area contributed by atoms with E-state index in [0.29, 0.717) is 24.2 Å². The van der Waals surface area contributed by atoms with Gasteiger partial charge in [0.2, 0.25) is 10.0 Å². The first kappa shape index (κ1) is 17.1. The van der Waals surface area contributed by atoms with Gasteiger partial charge in [0.1, 0.15) is 0 Å². The van der Waals surface area contributed by atoms with Crippen LogP contribution in [0.3, 0.4) is 0 Å². The fourth-order valence-corrected chi connectivity index (χ4v) is 4.22. The number of anilines is 1. The zero-order valence-electron chi connectivity index (χ0n) is 12.8. The van der Waals surface area contributed by atoms with Crippen molar-refractivity contribution < 1.29 is 13.2 Å². The summed E-state index contributed by atoms with van der Waals surface area (Å²) in [6, 6.07) is 4.83. The van der Waals surface area contributed by atoms with Gasteiger partial charge in [0.05, 0.1) is 22.0 Å². The molecule has 2 rings (SSSR count). The molecule has 0 bridgehead atoms. The second kappa shape index (κ2) is 6.87. The lowest BCUT2D eigenvalue weighted by atomic mass is 10.1. The Kier molecular flexibility index (Phi) is 5.34. The number of halogens is 1. The highest BCUT2D eigenvalue weighted by molar-refractivity contribution is 7.92. The Morgan fingerprint density at radius 1 is 1.41 bits per heavy atom. The Labute approximate surface area is 136 Å². The fraction of sp³-hybridized carbons (Fsp3) is 0.533.